The third-order valence-corrected chi connectivity index (χ3v) is 3.31. The third kappa shape index (κ3) is 2.57. The summed E-state index contributed by atoms with van der Waals surface area (Å²) in [5.41, 5.74) is 3.36. The van der Waals surface area contributed by atoms with Crippen LogP contribution in [0.5, 0.6) is 0 Å². The predicted octanol–water partition coefficient (Wildman–Crippen LogP) is 3.50. The fourth-order valence-electron chi connectivity index (χ4n) is 2.13. The van der Waals surface area contributed by atoms with Gasteiger partial charge in [0.2, 0.25) is 0 Å². The first-order valence-electron chi connectivity index (χ1n) is 6.17. The van der Waals surface area contributed by atoms with E-state index in [1.54, 1.807) is 0 Å². The van der Waals surface area contributed by atoms with Gasteiger partial charge in [-0.1, -0.05) is 24.6 Å². The second-order valence-corrected chi connectivity index (χ2v) is 4.79. The number of halogens is 1. The molecule has 0 saturated heterocycles. The molecule has 1 aromatic heterocycles. The highest BCUT2D eigenvalue weighted by Crippen LogP contribution is 2.21. The smallest absolute Gasteiger partial charge is 0.0663 e. The lowest BCUT2D eigenvalue weighted by Gasteiger charge is -2.12. The number of aromatic nitrogens is 2. The number of hydrogen-bond donors (Lipinski definition) is 1. The Morgan fingerprint density at radius 2 is 2.22 bits per heavy atom. The second-order valence-electron chi connectivity index (χ2n) is 4.36. The van der Waals surface area contributed by atoms with Gasteiger partial charge < -0.3 is 5.32 Å². The molecule has 1 aromatic carbocycles. The maximum atomic E-state index is 6.01. The average Bonchev–Trinajstić information content (AvgIpc) is 2.71. The van der Waals surface area contributed by atoms with E-state index in [0.29, 0.717) is 6.04 Å². The average molecular weight is 264 g/mol. The first kappa shape index (κ1) is 13.1. The van der Waals surface area contributed by atoms with Crippen LogP contribution in [0.25, 0.3) is 5.69 Å². The Labute approximate surface area is 113 Å². The van der Waals surface area contributed by atoms with E-state index in [9.17, 15) is 0 Å². The SMILES string of the molecule is CCNC(C)c1cnn(-c2cccc(Cl)c2)c1C. The summed E-state index contributed by atoms with van der Waals surface area (Å²) in [4.78, 5) is 0. The van der Waals surface area contributed by atoms with E-state index >= 15 is 0 Å². The standard InChI is InChI=1S/C14H18ClN3/c1-4-16-10(2)14-9-17-18(11(14)3)13-7-5-6-12(15)8-13/h5-10,16H,4H2,1-3H3. The molecule has 0 aliphatic rings. The summed E-state index contributed by atoms with van der Waals surface area (Å²) in [6, 6.07) is 8.04. The first-order chi connectivity index (χ1) is 8.63. The normalized spacial score (nSPS) is 12.7. The minimum Gasteiger partial charge on any atom is -0.310 e. The number of nitrogens with zero attached hydrogens (tertiary/aromatic N) is 2. The van der Waals surface area contributed by atoms with Crippen molar-refractivity contribution in [2.45, 2.75) is 26.8 Å². The van der Waals surface area contributed by atoms with Gasteiger partial charge in [-0.15, -0.1) is 0 Å². The highest BCUT2D eigenvalue weighted by Gasteiger charge is 2.13. The summed E-state index contributed by atoms with van der Waals surface area (Å²) in [6.07, 6.45) is 1.92. The molecule has 1 atom stereocenters. The molecule has 0 fully saturated rings. The lowest BCUT2D eigenvalue weighted by atomic mass is 10.1. The summed E-state index contributed by atoms with van der Waals surface area (Å²) in [5.74, 6) is 0. The van der Waals surface area contributed by atoms with Crippen molar-refractivity contribution in [1.29, 1.82) is 0 Å². The number of benzene rings is 1. The quantitative estimate of drug-likeness (QED) is 0.915. The van der Waals surface area contributed by atoms with Gasteiger partial charge in [-0.05, 0) is 38.6 Å². The highest BCUT2D eigenvalue weighted by atomic mass is 35.5. The zero-order chi connectivity index (χ0) is 13.1. The Kier molecular flexibility index (Phi) is 4.04. The van der Waals surface area contributed by atoms with Gasteiger partial charge in [0.15, 0.2) is 0 Å². The van der Waals surface area contributed by atoms with Crippen LogP contribution >= 0.6 is 11.6 Å². The largest absolute Gasteiger partial charge is 0.310 e. The topological polar surface area (TPSA) is 29.9 Å². The molecule has 1 unspecified atom stereocenters. The van der Waals surface area contributed by atoms with Gasteiger partial charge in [0.1, 0.15) is 0 Å². The summed E-state index contributed by atoms with van der Waals surface area (Å²) in [5, 5.41) is 8.57. The maximum Gasteiger partial charge on any atom is 0.0663 e. The molecule has 0 saturated carbocycles. The van der Waals surface area contributed by atoms with Gasteiger partial charge in [-0.2, -0.15) is 5.10 Å². The molecular formula is C14H18ClN3. The van der Waals surface area contributed by atoms with Crippen LogP contribution in [0.15, 0.2) is 30.5 Å². The number of rotatable bonds is 4. The van der Waals surface area contributed by atoms with Gasteiger partial charge in [0, 0.05) is 22.3 Å². The highest BCUT2D eigenvalue weighted by molar-refractivity contribution is 6.30. The zero-order valence-corrected chi connectivity index (χ0v) is 11.7. The van der Waals surface area contributed by atoms with E-state index in [-0.39, 0.29) is 0 Å². The van der Waals surface area contributed by atoms with E-state index in [0.717, 1.165) is 22.9 Å². The van der Waals surface area contributed by atoms with Crippen molar-refractivity contribution in [3.63, 3.8) is 0 Å². The monoisotopic (exact) mass is 263 g/mol. The number of hydrogen-bond acceptors (Lipinski definition) is 2. The van der Waals surface area contributed by atoms with Crippen molar-refractivity contribution >= 4 is 11.6 Å². The van der Waals surface area contributed by atoms with Crippen molar-refractivity contribution in [2.24, 2.45) is 0 Å². The van der Waals surface area contributed by atoms with E-state index in [2.05, 4.69) is 31.2 Å². The third-order valence-electron chi connectivity index (χ3n) is 3.08. The van der Waals surface area contributed by atoms with Gasteiger partial charge in [-0.25, -0.2) is 4.68 Å². The minimum atomic E-state index is 0.308. The fraction of sp³-hybridized carbons (Fsp3) is 0.357. The second kappa shape index (κ2) is 5.55. The fourth-order valence-corrected chi connectivity index (χ4v) is 2.32. The van der Waals surface area contributed by atoms with Gasteiger partial charge >= 0.3 is 0 Å². The first-order valence-corrected chi connectivity index (χ1v) is 6.55. The lowest BCUT2D eigenvalue weighted by Crippen LogP contribution is -2.18. The van der Waals surface area contributed by atoms with E-state index in [1.165, 1.54) is 5.56 Å². The Bertz CT molecular complexity index is 534. The number of nitrogens with one attached hydrogen (secondary N) is 1. The zero-order valence-electron chi connectivity index (χ0n) is 10.9. The van der Waals surface area contributed by atoms with Gasteiger partial charge in [0.25, 0.3) is 0 Å². The molecule has 3 nitrogen and oxygen atoms in total. The van der Waals surface area contributed by atoms with Crippen LogP contribution in [0.2, 0.25) is 5.02 Å². The van der Waals surface area contributed by atoms with Crippen molar-refractivity contribution in [1.82, 2.24) is 15.1 Å². The molecular weight excluding hydrogens is 246 g/mol. The van der Waals surface area contributed by atoms with Gasteiger partial charge in [-0.3, -0.25) is 0 Å². The van der Waals surface area contributed by atoms with E-state index in [1.807, 2.05) is 35.1 Å². The molecule has 4 heteroatoms. The Hall–Kier alpha value is -1.32. The molecule has 0 aliphatic heterocycles. The molecule has 0 amide bonds. The molecule has 0 spiro atoms. The Morgan fingerprint density at radius 3 is 2.89 bits per heavy atom. The minimum absolute atomic E-state index is 0.308. The van der Waals surface area contributed by atoms with Crippen LogP contribution in [0.3, 0.4) is 0 Å². The summed E-state index contributed by atoms with van der Waals surface area (Å²) < 4.78 is 1.93. The molecule has 96 valence electrons. The molecule has 18 heavy (non-hydrogen) atoms. The van der Waals surface area contributed by atoms with Gasteiger partial charge in [0.05, 0.1) is 11.9 Å². The van der Waals surface area contributed by atoms with Crippen LogP contribution in [-0.4, -0.2) is 16.3 Å². The van der Waals surface area contributed by atoms with Crippen LogP contribution in [-0.2, 0) is 0 Å². The molecule has 1 N–H and O–H groups in total. The van der Waals surface area contributed by atoms with Crippen molar-refractivity contribution < 1.29 is 0 Å². The summed E-state index contributed by atoms with van der Waals surface area (Å²) in [7, 11) is 0. The van der Waals surface area contributed by atoms with E-state index in [4.69, 9.17) is 11.6 Å². The summed E-state index contributed by atoms with van der Waals surface area (Å²) in [6.45, 7) is 7.28. The molecule has 0 radical (unpaired) electrons. The Morgan fingerprint density at radius 1 is 1.44 bits per heavy atom. The van der Waals surface area contributed by atoms with Crippen LogP contribution < -0.4 is 5.32 Å². The molecule has 2 aromatic rings. The summed E-state index contributed by atoms with van der Waals surface area (Å²) >= 11 is 6.01. The van der Waals surface area contributed by atoms with Crippen LogP contribution in [0, 0.1) is 6.92 Å². The lowest BCUT2D eigenvalue weighted by molar-refractivity contribution is 0.594. The molecule has 2 rings (SSSR count). The van der Waals surface area contributed by atoms with Crippen LogP contribution in [0.4, 0.5) is 0 Å². The molecule has 0 bridgehead atoms. The van der Waals surface area contributed by atoms with Crippen molar-refractivity contribution in [3.8, 4) is 5.69 Å². The maximum absolute atomic E-state index is 6.01. The predicted molar refractivity (Wildman–Crippen MR) is 75.4 cm³/mol. The molecule has 1 heterocycles. The van der Waals surface area contributed by atoms with Crippen molar-refractivity contribution in [3.05, 3.63) is 46.7 Å². The van der Waals surface area contributed by atoms with Crippen LogP contribution in [0.1, 0.15) is 31.1 Å². The molecule has 0 aliphatic carbocycles. The van der Waals surface area contributed by atoms with Crippen molar-refractivity contribution in [2.75, 3.05) is 6.54 Å². The Balaban J connectivity index is 2.36. The van der Waals surface area contributed by atoms with E-state index < -0.39 is 0 Å².